The van der Waals surface area contributed by atoms with Gasteiger partial charge in [0.15, 0.2) is 5.82 Å². The number of aromatic amines is 1. The van der Waals surface area contributed by atoms with Gasteiger partial charge in [0.05, 0.1) is 15.7 Å². The number of halogens is 2. The number of hydrogen-bond donors (Lipinski definition) is 2. The van der Waals surface area contributed by atoms with Gasteiger partial charge in [-0.3, -0.25) is 14.3 Å². The molecule has 0 spiro atoms. The van der Waals surface area contributed by atoms with E-state index in [2.05, 4.69) is 15.3 Å². The fourth-order valence-corrected chi connectivity index (χ4v) is 6.40. The van der Waals surface area contributed by atoms with E-state index < -0.39 is 19.1 Å². The number of rotatable bonds is 6. The van der Waals surface area contributed by atoms with Crippen LogP contribution in [0, 0.1) is 19.7 Å². The first-order valence-electron chi connectivity index (χ1n) is 10.2. The number of benzene rings is 2. The molecule has 0 aliphatic carbocycles. The lowest BCUT2D eigenvalue weighted by atomic mass is 10.2. The van der Waals surface area contributed by atoms with Gasteiger partial charge < -0.3 is 14.8 Å². The number of aryl methyl sites for hydroxylation is 2. The van der Waals surface area contributed by atoms with E-state index in [4.69, 9.17) is 16.1 Å². The van der Waals surface area contributed by atoms with Crippen molar-refractivity contribution < 1.29 is 18.3 Å². The summed E-state index contributed by atoms with van der Waals surface area (Å²) in [6, 6.07) is 11.8. The average Bonchev–Trinajstić information content (AvgIpc) is 3.20. The number of amides is 1. The summed E-state index contributed by atoms with van der Waals surface area (Å²) in [7, 11) is -2.60. The summed E-state index contributed by atoms with van der Waals surface area (Å²) in [5.41, 5.74) is 2.82. The quantitative estimate of drug-likeness (QED) is 0.385. The van der Waals surface area contributed by atoms with E-state index in [0.29, 0.717) is 10.8 Å². The fourth-order valence-electron chi connectivity index (χ4n) is 3.88. The van der Waals surface area contributed by atoms with Crippen molar-refractivity contribution in [2.75, 3.05) is 7.11 Å². The zero-order chi connectivity index (χ0) is 23.8. The third kappa shape index (κ3) is 4.32. The molecule has 0 fully saturated rings. The Hall–Kier alpha value is -2.99. The molecular formula is C24H22ClFN3O3P. The molecule has 0 aliphatic heterocycles. The Kier molecular flexibility index (Phi) is 6.39. The maximum Gasteiger partial charge on any atom is 0.268 e. The zero-order valence-corrected chi connectivity index (χ0v) is 19.9. The Morgan fingerprint density at radius 3 is 2.45 bits per heavy atom. The molecule has 1 amide bonds. The Bertz CT molecular complexity index is 1390. The van der Waals surface area contributed by atoms with Crippen molar-refractivity contribution in [3.63, 3.8) is 0 Å². The first-order chi connectivity index (χ1) is 15.7. The molecule has 170 valence electrons. The molecule has 1 atom stereocenters. The second kappa shape index (κ2) is 9.10. The van der Waals surface area contributed by atoms with E-state index in [1.165, 1.54) is 13.2 Å². The number of aromatic nitrogens is 2. The van der Waals surface area contributed by atoms with Crippen LogP contribution in [0.15, 0.2) is 54.9 Å². The number of H-pyrrole nitrogens is 1. The molecule has 2 aromatic carbocycles. The van der Waals surface area contributed by atoms with E-state index in [0.717, 1.165) is 16.7 Å². The van der Waals surface area contributed by atoms with Gasteiger partial charge in [0.1, 0.15) is 5.69 Å². The van der Waals surface area contributed by atoms with Crippen LogP contribution >= 0.6 is 19.0 Å². The van der Waals surface area contributed by atoms with Gasteiger partial charge in [-0.15, -0.1) is 0 Å². The molecule has 0 bridgehead atoms. The first-order valence-corrected chi connectivity index (χ1v) is 12.2. The van der Waals surface area contributed by atoms with Gasteiger partial charge in [0.2, 0.25) is 0 Å². The van der Waals surface area contributed by atoms with Gasteiger partial charge >= 0.3 is 0 Å². The molecule has 9 heteroatoms. The van der Waals surface area contributed by atoms with Gasteiger partial charge in [-0.05, 0) is 55.8 Å². The Morgan fingerprint density at radius 1 is 1.15 bits per heavy atom. The molecule has 0 saturated heterocycles. The fraction of sp³-hybridized carbons (Fsp3) is 0.167. The van der Waals surface area contributed by atoms with Gasteiger partial charge in [-0.2, -0.15) is 0 Å². The van der Waals surface area contributed by atoms with E-state index >= 15 is 4.39 Å². The molecular weight excluding hydrogens is 464 g/mol. The van der Waals surface area contributed by atoms with Crippen molar-refractivity contribution in [2.45, 2.75) is 20.4 Å². The van der Waals surface area contributed by atoms with Crippen LogP contribution in [0.5, 0.6) is 0 Å². The molecule has 4 aromatic rings. The molecule has 0 radical (unpaired) electrons. The predicted octanol–water partition coefficient (Wildman–Crippen LogP) is 4.78. The van der Waals surface area contributed by atoms with Crippen LogP contribution < -0.4 is 15.9 Å². The number of carbonyl (C=O) groups is 1. The highest BCUT2D eigenvalue weighted by Gasteiger charge is 2.37. The summed E-state index contributed by atoms with van der Waals surface area (Å²) in [4.78, 5) is 20.1. The van der Waals surface area contributed by atoms with Crippen LogP contribution in [0.1, 0.15) is 27.2 Å². The number of fused-ring (bicyclic) bond motifs is 1. The average molecular weight is 486 g/mol. The Labute approximate surface area is 195 Å². The van der Waals surface area contributed by atoms with Crippen molar-refractivity contribution in [3.05, 3.63) is 88.1 Å². The summed E-state index contributed by atoms with van der Waals surface area (Å²) < 4.78 is 35.2. The summed E-state index contributed by atoms with van der Waals surface area (Å²) in [6.07, 6.45) is 3.23. The van der Waals surface area contributed by atoms with Gasteiger partial charge in [0.25, 0.3) is 13.3 Å². The molecule has 2 N–H and O–H groups in total. The van der Waals surface area contributed by atoms with E-state index in [-0.39, 0.29) is 28.0 Å². The number of nitrogens with one attached hydrogen (secondary N) is 2. The van der Waals surface area contributed by atoms with E-state index in [1.54, 1.807) is 42.7 Å². The second-order valence-electron chi connectivity index (χ2n) is 7.75. The van der Waals surface area contributed by atoms with Crippen molar-refractivity contribution in [1.82, 2.24) is 15.3 Å². The molecule has 6 nitrogen and oxygen atoms in total. The normalized spacial score (nSPS) is 13.1. The highest BCUT2D eigenvalue weighted by molar-refractivity contribution is 7.75. The van der Waals surface area contributed by atoms with Crippen molar-refractivity contribution in [3.8, 4) is 0 Å². The summed E-state index contributed by atoms with van der Waals surface area (Å²) in [5, 5.41) is 2.94. The monoisotopic (exact) mass is 485 g/mol. The van der Waals surface area contributed by atoms with Crippen molar-refractivity contribution in [2.24, 2.45) is 0 Å². The van der Waals surface area contributed by atoms with Gasteiger partial charge in [-0.1, -0.05) is 28.8 Å². The van der Waals surface area contributed by atoms with E-state index in [9.17, 15) is 9.36 Å². The second-order valence-corrected chi connectivity index (χ2v) is 10.6. The number of pyridine rings is 1. The highest BCUT2D eigenvalue weighted by Crippen LogP contribution is 2.48. The van der Waals surface area contributed by atoms with Gasteiger partial charge in [-0.25, -0.2) is 4.39 Å². The Balaban J connectivity index is 1.92. The SMILES string of the molecule is COP(=O)(c1cc(C)cc(C)c1)c1c(C(=O)NCc2ccncc2)[nH]c2ccc(Cl)c(F)c12. The van der Waals surface area contributed by atoms with Crippen LogP contribution in [-0.4, -0.2) is 23.0 Å². The lowest BCUT2D eigenvalue weighted by Crippen LogP contribution is -2.30. The largest absolute Gasteiger partial charge is 0.350 e. The van der Waals surface area contributed by atoms with Crippen LogP contribution in [-0.2, 0) is 15.6 Å². The number of hydrogen-bond acceptors (Lipinski definition) is 4. The van der Waals surface area contributed by atoms with Crippen molar-refractivity contribution in [1.29, 1.82) is 0 Å². The van der Waals surface area contributed by atoms with Crippen LogP contribution in [0.4, 0.5) is 4.39 Å². The van der Waals surface area contributed by atoms with Crippen LogP contribution in [0.25, 0.3) is 10.9 Å². The molecule has 33 heavy (non-hydrogen) atoms. The van der Waals surface area contributed by atoms with Crippen LogP contribution in [0.3, 0.4) is 0 Å². The molecule has 1 unspecified atom stereocenters. The maximum atomic E-state index is 15.3. The minimum atomic E-state index is -3.89. The lowest BCUT2D eigenvalue weighted by Gasteiger charge is -2.19. The molecule has 2 heterocycles. The van der Waals surface area contributed by atoms with E-state index in [1.807, 2.05) is 19.9 Å². The minimum Gasteiger partial charge on any atom is -0.350 e. The number of nitrogens with zero attached hydrogens (tertiary/aromatic N) is 1. The highest BCUT2D eigenvalue weighted by atomic mass is 35.5. The summed E-state index contributed by atoms with van der Waals surface area (Å²) >= 11 is 6.05. The molecule has 2 aromatic heterocycles. The Morgan fingerprint density at radius 2 is 1.82 bits per heavy atom. The van der Waals surface area contributed by atoms with Crippen LogP contribution in [0.2, 0.25) is 5.02 Å². The third-order valence-corrected chi connectivity index (χ3v) is 8.14. The van der Waals surface area contributed by atoms with Gasteiger partial charge in [0, 0.05) is 36.9 Å². The molecule has 0 saturated carbocycles. The maximum absolute atomic E-state index is 15.3. The predicted molar refractivity (Wildman–Crippen MR) is 128 cm³/mol. The summed E-state index contributed by atoms with van der Waals surface area (Å²) in [6.45, 7) is 3.94. The first kappa shape index (κ1) is 23.2. The lowest BCUT2D eigenvalue weighted by molar-refractivity contribution is 0.0947. The minimum absolute atomic E-state index is 0.0269. The molecule has 4 rings (SSSR count). The number of carbonyl (C=O) groups excluding carboxylic acids is 1. The topological polar surface area (TPSA) is 84.1 Å². The summed E-state index contributed by atoms with van der Waals surface area (Å²) in [5.74, 6) is -1.31. The van der Waals surface area contributed by atoms with Crippen molar-refractivity contribution >= 4 is 46.4 Å². The third-order valence-electron chi connectivity index (χ3n) is 5.36. The molecule has 0 aliphatic rings. The zero-order valence-electron chi connectivity index (χ0n) is 18.3. The standard InChI is InChI=1S/C24H22ClFN3O3P/c1-14-10-15(2)12-17(11-14)33(31,32-3)23-20-19(5-4-18(25)21(20)26)29-22(23)24(30)28-13-16-6-8-27-9-7-16/h4-12,29H,13H2,1-3H3,(H,28,30). The smallest absolute Gasteiger partial charge is 0.268 e.